The Morgan fingerprint density at radius 2 is 1.95 bits per heavy atom. The fourth-order valence-corrected chi connectivity index (χ4v) is 3.16. The van der Waals surface area contributed by atoms with Gasteiger partial charge in [0.2, 0.25) is 4.96 Å². The second-order valence-corrected chi connectivity index (χ2v) is 5.82. The summed E-state index contributed by atoms with van der Waals surface area (Å²) >= 11 is 1.52. The van der Waals surface area contributed by atoms with E-state index in [2.05, 4.69) is 27.2 Å². The molecular weight excluding hydrogens is 294 g/mol. The normalized spacial score (nSPS) is 11.1. The van der Waals surface area contributed by atoms with E-state index < -0.39 is 0 Å². The zero-order valence-electron chi connectivity index (χ0n) is 11.7. The topological polar surface area (TPSA) is 69.1 Å². The van der Waals surface area contributed by atoms with Crippen LogP contribution in [0.2, 0.25) is 0 Å². The molecule has 0 unspecified atom stereocenters. The number of imidazole rings is 1. The van der Waals surface area contributed by atoms with Crippen LogP contribution in [0.15, 0.2) is 54.9 Å². The van der Waals surface area contributed by atoms with E-state index in [-0.39, 0.29) is 0 Å². The Morgan fingerprint density at radius 1 is 1.09 bits per heavy atom. The average Bonchev–Trinajstić information content (AvgIpc) is 3.16. The van der Waals surface area contributed by atoms with Gasteiger partial charge >= 0.3 is 0 Å². The van der Waals surface area contributed by atoms with Crippen LogP contribution in [0.1, 0.15) is 5.56 Å². The molecule has 3 heterocycles. The molecule has 0 atom stereocenters. The maximum absolute atomic E-state index is 5.69. The van der Waals surface area contributed by atoms with Gasteiger partial charge in [-0.05, 0) is 17.7 Å². The number of benzene rings is 1. The zero-order valence-corrected chi connectivity index (χ0v) is 12.5. The number of nitrogens with zero attached hydrogens (tertiary/aromatic N) is 4. The van der Waals surface area contributed by atoms with Gasteiger partial charge in [-0.1, -0.05) is 41.7 Å². The fourth-order valence-electron chi connectivity index (χ4n) is 2.32. The predicted molar refractivity (Wildman–Crippen MR) is 87.4 cm³/mol. The second kappa shape index (κ2) is 5.32. The standard InChI is InChI=1S/C16H13N5S/c17-9-11-6-7-18-13(8-11)15-20-21-14(10-19-16(21)22-15)12-4-2-1-3-5-12/h1-8,10H,9,17H2. The van der Waals surface area contributed by atoms with Crippen molar-refractivity contribution in [1.29, 1.82) is 0 Å². The third kappa shape index (κ3) is 2.18. The number of pyridine rings is 1. The molecule has 4 aromatic rings. The van der Waals surface area contributed by atoms with E-state index in [9.17, 15) is 0 Å². The predicted octanol–water partition coefficient (Wildman–Crippen LogP) is 2.98. The van der Waals surface area contributed by atoms with Gasteiger partial charge in [0.25, 0.3) is 0 Å². The molecule has 0 saturated heterocycles. The molecule has 6 heteroatoms. The van der Waals surface area contributed by atoms with E-state index in [4.69, 9.17) is 5.73 Å². The van der Waals surface area contributed by atoms with Crippen LogP contribution in [0.3, 0.4) is 0 Å². The molecule has 3 aromatic heterocycles. The molecule has 2 N–H and O–H groups in total. The molecule has 1 aromatic carbocycles. The molecule has 0 aliphatic heterocycles. The zero-order chi connectivity index (χ0) is 14.9. The Hall–Kier alpha value is -2.57. The number of nitrogens with two attached hydrogens (primary N) is 1. The monoisotopic (exact) mass is 307 g/mol. The van der Waals surface area contributed by atoms with Crippen molar-refractivity contribution in [1.82, 2.24) is 19.6 Å². The van der Waals surface area contributed by atoms with Crippen molar-refractivity contribution in [3.05, 3.63) is 60.4 Å². The first-order chi connectivity index (χ1) is 10.8. The smallest absolute Gasteiger partial charge is 0.213 e. The summed E-state index contributed by atoms with van der Waals surface area (Å²) in [7, 11) is 0. The van der Waals surface area contributed by atoms with Crippen molar-refractivity contribution in [3.63, 3.8) is 0 Å². The molecule has 0 bridgehead atoms. The molecular formula is C16H13N5S. The van der Waals surface area contributed by atoms with Crippen molar-refractivity contribution in [2.75, 3.05) is 0 Å². The number of aromatic nitrogens is 4. The van der Waals surface area contributed by atoms with E-state index in [1.54, 1.807) is 6.20 Å². The molecule has 0 radical (unpaired) electrons. The SMILES string of the molecule is NCc1ccnc(-c2nn3c(-c4ccccc4)cnc3s2)c1. The Morgan fingerprint density at radius 3 is 2.77 bits per heavy atom. The van der Waals surface area contributed by atoms with E-state index in [1.165, 1.54) is 11.3 Å². The number of hydrogen-bond donors (Lipinski definition) is 1. The second-order valence-electron chi connectivity index (χ2n) is 4.86. The molecule has 22 heavy (non-hydrogen) atoms. The molecule has 0 fully saturated rings. The van der Waals surface area contributed by atoms with Crippen LogP contribution in [-0.2, 0) is 6.54 Å². The van der Waals surface area contributed by atoms with Gasteiger partial charge in [-0.2, -0.15) is 5.10 Å². The van der Waals surface area contributed by atoms with Crippen molar-refractivity contribution >= 4 is 16.3 Å². The first kappa shape index (κ1) is 13.1. The van der Waals surface area contributed by atoms with Crippen molar-refractivity contribution in [2.24, 2.45) is 5.73 Å². The minimum atomic E-state index is 0.493. The van der Waals surface area contributed by atoms with Gasteiger partial charge in [-0.15, -0.1) is 0 Å². The van der Waals surface area contributed by atoms with E-state index in [0.717, 1.165) is 32.5 Å². The molecule has 108 valence electrons. The summed E-state index contributed by atoms with van der Waals surface area (Å²) in [6.45, 7) is 0.493. The van der Waals surface area contributed by atoms with E-state index in [0.29, 0.717) is 6.54 Å². The number of rotatable bonds is 3. The summed E-state index contributed by atoms with van der Waals surface area (Å²) < 4.78 is 1.87. The minimum absolute atomic E-state index is 0.493. The molecule has 0 spiro atoms. The maximum atomic E-state index is 5.69. The van der Waals surface area contributed by atoms with Crippen molar-refractivity contribution < 1.29 is 0 Å². The Kier molecular flexibility index (Phi) is 3.17. The van der Waals surface area contributed by atoms with Crippen LogP contribution in [0.5, 0.6) is 0 Å². The lowest BCUT2D eigenvalue weighted by atomic mass is 10.2. The highest BCUT2D eigenvalue weighted by molar-refractivity contribution is 7.19. The highest BCUT2D eigenvalue weighted by atomic mass is 32.1. The van der Waals surface area contributed by atoms with Crippen molar-refractivity contribution in [3.8, 4) is 22.0 Å². The number of hydrogen-bond acceptors (Lipinski definition) is 5. The number of fused-ring (bicyclic) bond motifs is 1. The first-order valence-electron chi connectivity index (χ1n) is 6.90. The first-order valence-corrected chi connectivity index (χ1v) is 7.72. The lowest BCUT2D eigenvalue weighted by Gasteiger charge is -1.99. The van der Waals surface area contributed by atoms with E-state index >= 15 is 0 Å². The summed E-state index contributed by atoms with van der Waals surface area (Å²) in [6, 6.07) is 14.0. The van der Waals surface area contributed by atoms with Crippen LogP contribution < -0.4 is 5.73 Å². The lowest BCUT2D eigenvalue weighted by molar-refractivity contribution is 0.978. The summed E-state index contributed by atoms with van der Waals surface area (Å²) in [4.78, 5) is 9.69. The van der Waals surface area contributed by atoms with Crippen LogP contribution in [0.4, 0.5) is 0 Å². The van der Waals surface area contributed by atoms with Gasteiger partial charge in [0.1, 0.15) is 5.69 Å². The molecule has 5 nitrogen and oxygen atoms in total. The summed E-state index contributed by atoms with van der Waals surface area (Å²) in [5.74, 6) is 0. The molecule has 0 aliphatic carbocycles. The third-order valence-corrected chi connectivity index (χ3v) is 4.38. The largest absolute Gasteiger partial charge is 0.326 e. The van der Waals surface area contributed by atoms with Gasteiger partial charge in [-0.3, -0.25) is 4.98 Å². The van der Waals surface area contributed by atoms with Crippen LogP contribution in [0.25, 0.3) is 26.9 Å². The van der Waals surface area contributed by atoms with Crippen LogP contribution in [0, 0.1) is 0 Å². The summed E-state index contributed by atoms with van der Waals surface area (Å²) in [5.41, 5.74) is 9.64. The third-order valence-electron chi connectivity index (χ3n) is 3.43. The van der Waals surface area contributed by atoms with Crippen LogP contribution in [-0.4, -0.2) is 19.6 Å². The molecule has 4 rings (SSSR count). The molecule has 0 amide bonds. The van der Waals surface area contributed by atoms with Gasteiger partial charge in [-0.25, -0.2) is 9.50 Å². The molecule has 0 saturated carbocycles. The Labute approximate surface area is 131 Å². The minimum Gasteiger partial charge on any atom is -0.326 e. The Balaban J connectivity index is 1.83. The molecule has 0 aliphatic rings. The maximum Gasteiger partial charge on any atom is 0.213 e. The summed E-state index contributed by atoms with van der Waals surface area (Å²) in [5, 5.41) is 5.51. The Bertz CT molecular complexity index is 926. The lowest BCUT2D eigenvalue weighted by Crippen LogP contribution is -1.97. The van der Waals surface area contributed by atoms with Crippen molar-refractivity contribution in [2.45, 2.75) is 6.54 Å². The fraction of sp³-hybridized carbons (Fsp3) is 0.0625. The van der Waals surface area contributed by atoms with Gasteiger partial charge in [0.05, 0.1) is 11.9 Å². The highest BCUT2D eigenvalue weighted by Gasteiger charge is 2.13. The van der Waals surface area contributed by atoms with Gasteiger partial charge in [0.15, 0.2) is 5.01 Å². The quantitative estimate of drug-likeness (QED) is 0.632. The van der Waals surface area contributed by atoms with Crippen LogP contribution >= 0.6 is 11.3 Å². The average molecular weight is 307 g/mol. The highest BCUT2D eigenvalue weighted by Crippen LogP contribution is 2.28. The summed E-state index contributed by atoms with van der Waals surface area (Å²) in [6.07, 6.45) is 3.61. The van der Waals surface area contributed by atoms with Gasteiger partial charge in [0, 0.05) is 18.3 Å². The van der Waals surface area contributed by atoms with Gasteiger partial charge < -0.3 is 5.73 Å². The van der Waals surface area contributed by atoms with E-state index in [1.807, 2.05) is 41.0 Å².